The zero-order valence-electron chi connectivity index (χ0n) is 9.88. The van der Waals surface area contributed by atoms with E-state index in [0.29, 0.717) is 10.0 Å². The minimum absolute atomic E-state index is 0.131. The van der Waals surface area contributed by atoms with Gasteiger partial charge in [-0.2, -0.15) is 11.8 Å². The Morgan fingerprint density at radius 1 is 1.47 bits per heavy atom. The normalized spacial score (nSPS) is 26.1. The first-order chi connectivity index (χ1) is 8.03. The van der Waals surface area contributed by atoms with Crippen LogP contribution in [0.2, 0.25) is 10.0 Å². The third kappa shape index (κ3) is 2.93. The molecule has 17 heavy (non-hydrogen) atoms. The lowest BCUT2D eigenvalue weighted by molar-refractivity contribution is 0.482. The molecule has 1 aliphatic heterocycles. The molecule has 2 rings (SSSR count). The van der Waals surface area contributed by atoms with Gasteiger partial charge in [0.2, 0.25) is 0 Å². The highest BCUT2D eigenvalue weighted by atomic mass is 35.5. The van der Waals surface area contributed by atoms with Crippen molar-refractivity contribution in [3.05, 3.63) is 33.8 Å². The maximum atomic E-state index is 6.34. The average Bonchev–Trinajstić information content (AvgIpc) is 2.73. The number of nitrogens with two attached hydrogens (primary N) is 1. The van der Waals surface area contributed by atoms with E-state index in [1.54, 1.807) is 0 Å². The van der Waals surface area contributed by atoms with Crippen molar-refractivity contribution < 1.29 is 0 Å². The average molecular weight is 290 g/mol. The van der Waals surface area contributed by atoms with Gasteiger partial charge in [0, 0.05) is 10.8 Å². The first kappa shape index (κ1) is 13.5. The molecule has 0 aromatic heterocycles. The van der Waals surface area contributed by atoms with Crippen molar-refractivity contribution in [3.63, 3.8) is 0 Å². The number of halogens is 2. The van der Waals surface area contributed by atoms with E-state index in [9.17, 15) is 0 Å². The molecule has 94 valence electrons. The van der Waals surface area contributed by atoms with Gasteiger partial charge in [0.25, 0.3) is 0 Å². The van der Waals surface area contributed by atoms with E-state index in [1.165, 1.54) is 18.6 Å². The monoisotopic (exact) mass is 289 g/mol. The Balaban J connectivity index is 2.12. The van der Waals surface area contributed by atoms with Gasteiger partial charge in [-0.3, -0.25) is 0 Å². The van der Waals surface area contributed by atoms with Gasteiger partial charge >= 0.3 is 0 Å². The van der Waals surface area contributed by atoms with Gasteiger partial charge in [-0.1, -0.05) is 35.3 Å². The van der Waals surface area contributed by atoms with Crippen molar-refractivity contribution >= 4 is 35.0 Å². The van der Waals surface area contributed by atoms with E-state index in [4.69, 9.17) is 28.9 Å². The van der Waals surface area contributed by atoms with Crippen molar-refractivity contribution in [2.45, 2.75) is 37.0 Å². The van der Waals surface area contributed by atoms with Gasteiger partial charge in [-0.25, -0.2) is 0 Å². The summed E-state index contributed by atoms with van der Waals surface area (Å²) in [5, 5.41) is 1.26. The second kappa shape index (κ2) is 5.40. The quantitative estimate of drug-likeness (QED) is 0.905. The van der Waals surface area contributed by atoms with Crippen LogP contribution in [0.1, 0.15) is 25.3 Å². The Labute approximate surface area is 117 Å². The summed E-state index contributed by atoms with van der Waals surface area (Å²) < 4.78 is 0.186. The molecule has 2 atom stereocenters. The van der Waals surface area contributed by atoms with Crippen LogP contribution in [-0.2, 0) is 6.42 Å². The van der Waals surface area contributed by atoms with Crippen LogP contribution in [0.15, 0.2) is 18.2 Å². The summed E-state index contributed by atoms with van der Waals surface area (Å²) in [7, 11) is 0. The molecule has 4 heteroatoms. The Morgan fingerprint density at radius 3 is 2.88 bits per heavy atom. The van der Waals surface area contributed by atoms with Crippen LogP contribution in [0.4, 0.5) is 0 Å². The van der Waals surface area contributed by atoms with E-state index in [-0.39, 0.29) is 10.8 Å². The molecule has 0 aliphatic carbocycles. The molecule has 0 radical (unpaired) electrons. The lowest BCUT2D eigenvalue weighted by Gasteiger charge is -2.30. The second-order valence-electron chi connectivity index (χ2n) is 4.79. The summed E-state index contributed by atoms with van der Waals surface area (Å²) in [5.41, 5.74) is 7.40. The Morgan fingerprint density at radius 2 is 2.24 bits per heavy atom. The zero-order valence-corrected chi connectivity index (χ0v) is 12.2. The lowest BCUT2D eigenvalue weighted by atomic mass is 9.91. The molecule has 1 aromatic carbocycles. The fourth-order valence-electron chi connectivity index (χ4n) is 2.25. The minimum atomic E-state index is 0.131. The zero-order chi connectivity index (χ0) is 12.5. The number of hydrogen-bond donors (Lipinski definition) is 1. The van der Waals surface area contributed by atoms with E-state index >= 15 is 0 Å². The first-order valence-corrected chi connectivity index (χ1v) is 7.59. The van der Waals surface area contributed by atoms with Crippen molar-refractivity contribution in [1.29, 1.82) is 0 Å². The van der Waals surface area contributed by atoms with E-state index in [2.05, 4.69) is 6.92 Å². The largest absolute Gasteiger partial charge is 0.326 e. The summed E-state index contributed by atoms with van der Waals surface area (Å²) in [6.45, 7) is 2.26. The molecule has 1 heterocycles. The minimum Gasteiger partial charge on any atom is -0.326 e. The van der Waals surface area contributed by atoms with Gasteiger partial charge in [0.1, 0.15) is 0 Å². The van der Waals surface area contributed by atoms with Crippen LogP contribution < -0.4 is 5.73 Å². The molecule has 1 fully saturated rings. The number of hydrogen-bond acceptors (Lipinski definition) is 2. The Bertz CT molecular complexity index is 402. The van der Waals surface area contributed by atoms with Gasteiger partial charge in [-0.15, -0.1) is 0 Å². The van der Waals surface area contributed by atoms with Gasteiger partial charge < -0.3 is 5.73 Å². The number of rotatable bonds is 3. The molecule has 0 amide bonds. The topological polar surface area (TPSA) is 26.0 Å². The summed E-state index contributed by atoms with van der Waals surface area (Å²) in [6.07, 6.45) is 3.25. The molecule has 2 N–H and O–H groups in total. The maximum Gasteiger partial charge on any atom is 0.0624 e. The lowest BCUT2D eigenvalue weighted by Crippen LogP contribution is -2.42. The van der Waals surface area contributed by atoms with E-state index in [1.807, 2.05) is 30.0 Å². The van der Waals surface area contributed by atoms with Crippen molar-refractivity contribution in [3.8, 4) is 0 Å². The third-order valence-corrected chi connectivity index (χ3v) is 6.02. The molecular weight excluding hydrogens is 273 g/mol. The highest BCUT2D eigenvalue weighted by molar-refractivity contribution is 8.00. The van der Waals surface area contributed by atoms with Crippen LogP contribution in [0.25, 0.3) is 0 Å². The predicted molar refractivity (Wildman–Crippen MR) is 78.2 cm³/mol. The van der Waals surface area contributed by atoms with Crippen molar-refractivity contribution in [1.82, 2.24) is 0 Å². The molecule has 2 unspecified atom stereocenters. The molecule has 0 saturated carbocycles. The SMILES string of the molecule is CC1(C(N)Cc2cccc(Cl)c2Cl)CCCS1. The summed E-state index contributed by atoms with van der Waals surface area (Å²) in [5.74, 6) is 1.22. The van der Waals surface area contributed by atoms with E-state index in [0.717, 1.165) is 12.0 Å². The molecule has 1 nitrogen and oxygen atoms in total. The molecule has 0 bridgehead atoms. The van der Waals surface area contributed by atoms with Crippen LogP contribution >= 0.6 is 35.0 Å². The van der Waals surface area contributed by atoms with Crippen LogP contribution in [0, 0.1) is 0 Å². The smallest absolute Gasteiger partial charge is 0.0624 e. The molecule has 1 aliphatic rings. The van der Waals surface area contributed by atoms with Crippen molar-refractivity contribution in [2.75, 3.05) is 5.75 Å². The molecule has 0 spiro atoms. The van der Waals surface area contributed by atoms with Crippen molar-refractivity contribution in [2.24, 2.45) is 5.73 Å². The third-order valence-electron chi connectivity index (χ3n) is 3.51. The fraction of sp³-hybridized carbons (Fsp3) is 0.538. The Kier molecular flexibility index (Phi) is 4.30. The van der Waals surface area contributed by atoms with Crippen LogP contribution in [0.3, 0.4) is 0 Å². The van der Waals surface area contributed by atoms with E-state index < -0.39 is 0 Å². The highest BCUT2D eigenvalue weighted by Gasteiger charge is 2.35. The molecular formula is C13H17Cl2NS. The fourth-order valence-corrected chi connectivity index (χ4v) is 3.99. The maximum absolute atomic E-state index is 6.34. The van der Waals surface area contributed by atoms with Gasteiger partial charge in [0.15, 0.2) is 0 Å². The summed E-state index contributed by atoms with van der Waals surface area (Å²) in [4.78, 5) is 0. The van der Waals surface area contributed by atoms with Crippen LogP contribution in [0.5, 0.6) is 0 Å². The number of thioether (sulfide) groups is 1. The van der Waals surface area contributed by atoms with Gasteiger partial charge in [0.05, 0.1) is 10.0 Å². The molecule has 1 aromatic rings. The van der Waals surface area contributed by atoms with Gasteiger partial charge in [-0.05, 0) is 43.6 Å². The standard InChI is InChI=1S/C13H17Cl2NS/c1-13(6-3-7-17-13)11(16)8-9-4-2-5-10(14)12(9)15/h2,4-5,11H,3,6-8,16H2,1H3. The predicted octanol–water partition coefficient (Wildman–Crippen LogP) is 4.15. The van der Waals surface area contributed by atoms with Crippen LogP contribution in [-0.4, -0.2) is 16.5 Å². The molecule has 1 saturated heterocycles. The highest BCUT2D eigenvalue weighted by Crippen LogP contribution is 2.41. The summed E-state index contributed by atoms with van der Waals surface area (Å²) >= 11 is 14.2. The second-order valence-corrected chi connectivity index (χ2v) is 7.20. The Hall–Kier alpha value is 0.110. The summed E-state index contributed by atoms with van der Waals surface area (Å²) in [6, 6.07) is 5.88. The first-order valence-electron chi connectivity index (χ1n) is 5.85. The number of benzene rings is 1.